The molecule has 0 bridgehead atoms. The standard InChI is InChI=1S/C14H23NO2/c1-3-4-14(11-15)17-13-7-5-12(6-8-13)9-10-16-2/h5-8,14H,3-4,9-11,15H2,1-2H3. The average Bonchev–Trinajstić information content (AvgIpc) is 2.37. The smallest absolute Gasteiger partial charge is 0.119 e. The van der Waals surface area contributed by atoms with Crippen LogP contribution in [0.15, 0.2) is 24.3 Å². The summed E-state index contributed by atoms with van der Waals surface area (Å²) in [6.07, 6.45) is 3.16. The number of rotatable bonds is 8. The van der Waals surface area contributed by atoms with Crippen LogP contribution in [0.3, 0.4) is 0 Å². The van der Waals surface area contributed by atoms with E-state index < -0.39 is 0 Å². The molecule has 1 rings (SSSR count). The van der Waals surface area contributed by atoms with Crippen molar-refractivity contribution < 1.29 is 9.47 Å². The van der Waals surface area contributed by atoms with Crippen LogP contribution in [0.5, 0.6) is 5.75 Å². The molecule has 0 radical (unpaired) electrons. The first kappa shape index (κ1) is 14.0. The molecule has 0 aliphatic heterocycles. The number of ether oxygens (including phenoxy) is 2. The molecule has 96 valence electrons. The van der Waals surface area contributed by atoms with Gasteiger partial charge in [0.2, 0.25) is 0 Å². The number of benzene rings is 1. The Bertz CT molecular complexity index is 298. The maximum absolute atomic E-state index is 5.81. The second-order valence-electron chi connectivity index (χ2n) is 4.15. The highest BCUT2D eigenvalue weighted by Crippen LogP contribution is 2.15. The first-order chi connectivity index (χ1) is 8.30. The number of hydrogen-bond acceptors (Lipinski definition) is 3. The van der Waals surface area contributed by atoms with Crippen molar-refractivity contribution in [3.63, 3.8) is 0 Å². The molecule has 3 heteroatoms. The van der Waals surface area contributed by atoms with Crippen molar-refractivity contribution in [1.29, 1.82) is 0 Å². The Morgan fingerprint density at radius 3 is 2.47 bits per heavy atom. The summed E-state index contributed by atoms with van der Waals surface area (Å²) < 4.78 is 10.8. The third kappa shape index (κ3) is 5.20. The fourth-order valence-corrected chi connectivity index (χ4v) is 1.69. The van der Waals surface area contributed by atoms with Gasteiger partial charge in [0.15, 0.2) is 0 Å². The monoisotopic (exact) mass is 237 g/mol. The van der Waals surface area contributed by atoms with Gasteiger partial charge in [-0.2, -0.15) is 0 Å². The lowest BCUT2D eigenvalue weighted by molar-refractivity contribution is 0.197. The van der Waals surface area contributed by atoms with Crippen molar-refractivity contribution in [2.24, 2.45) is 5.73 Å². The van der Waals surface area contributed by atoms with Crippen LogP contribution in [0, 0.1) is 0 Å². The van der Waals surface area contributed by atoms with Gasteiger partial charge in [0, 0.05) is 13.7 Å². The van der Waals surface area contributed by atoms with Gasteiger partial charge in [0.25, 0.3) is 0 Å². The first-order valence-corrected chi connectivity index (χ1v) is 6.24. The fourth-order valence-electron chi connectivity index (χ4n) is 1.69. The molecule has 1 atom stereocenters. The van der Waals surface area contributed by atoms with Crippen molar-refractivity contribution >= 4 is 0 Å². The molecule has 3 nitrogen and oxygen atoms in total. The molecule has 0 spiro atoms. The molecule has 17 heavy (non-hydrogen) atoms. The van der Waals surface area contributed by atoms with Gasteiger partial charge < -0.3 is 15.2 Å². The highest BCUT2D eigenvalue weighted by Gasteiger charge is 2.06. The Morgan fingerprint density at radius 1 is 1.24 bits per heavy atom. The summed E-state index contributed by atoms with van der Waals surface area (Å²) in [6, 6.07) is 8.16. The van der Waals surface area contributed by atoms with E-state index in [9.17, 15) is 0 Å². The van der Waals surface area contributed by atoms with Crippen LogP contribution in [-0.4, -0.2) is 26.4 Å². The molecule has 0 aromatic heterocycles. The Hall–Kier alpha value is -1.06. The van der Waals surface area contributed by atoms with E-state index in [4.69, 9.17) is 15.2 Å². The molecule has 0 aliphatic carbocycles. The number of nitrogens with two attached hydrogens (primary N) is 1. The quantitative estimate of drug-likeness (QED) is 0.755. The number of hydrogen-bond donors (Lipinski definition) is 1. The predicted molar refractivity (Wildman–Crippen MR) is 70.4 cm³/mol. The topological polar surface area (TPSA) is 44.5 Å². The van der Waals surface area contributed by atoms with Gasteiger partial charge in [-0.25, -0.2) is 0 Å². The normalized spacial score (nSPS) is 12.4. The SMILES string of the molecule is CCCC(CN)Oc1ccc(CCOC)cc1. The lowest BCUT2D eigenvalue weighted by Gasteiger charge is -2.16. The van der Waals surface area contributed by atoms with E-state index in [0.29, 0.717) is 6.54 Å². The highest BCUT2D eigenvalue weighted by molar-refractivity contribution is 5.27. The minimum Gasteiger partial charge on any atom is -0.489 e. The zero-order valence-corrected chi connectivity index (χ0v) is 10.8. The van der Waals surface area contributed by atoms with Crippen molar-refractivity contribution in [2.75, 3.05) is 20.3 Å². The lowest BCUT2D eigenvalue weighted by Crippen LogP contribution is -2.26. The second kappa shape index (κ2) is 8.09. The third-order valence-corrected chi connectivity index (χ3v) is 2.69. The van der Waals surface area contributed by atoms with Crippen molar-refractivity contribution in [3.05, 3.63) is 29.8 Å². The third-order valence-electron chi connectivity index (χ3n) is 2.69. The molecule has 0 aliphatic rings. The molecule has 1 unspecified atom stereocenters. The van der Waals surface area contributed by atoms with Crippen LogP contribution in [0.25, 0.3) is 0 Å². The zero-order valence-electron chi connectivity index (χ0n) is 10.8. The Balaban J connectivity index is 2.49. The Labute approximate surface area is 104 Å². The van der Waals surface area contributed by atoms with Gasteiger partial charge >= 0.3 is 0 Å². The highest BCUT2D eigenvalue weighted by atomic mass is 16.5. The molecule has 0 amide bonds. The van der Waals surface area contributed by atoms with E-state index in [1.54, 1.807) is 7.11 Å². The summed E-state index contributed by atoms with van der Waals surface area (Å²) in [7, 11) is 1.72. The summed E-state index contributed by atoms with van der Waals surface area (Å²) in [5.74, 6) is 0.898. The van der Waals surface area contributed by atoms with E-state index in [0.717, 1.165) is 31.6 Å². The lowest BCUT2D eigenvalue weighted by atomic mass is 10.1. The maximum Gasteiger partial charge on any atom is 0.119 e. The van der Waals surface area contributed by atoms with Gasteiger partial charge in [-0.15, -0.1) is 0 Å². The largest absolute Gasteiger partial charge is 0.489 e. The van der Waals surface area contributed by atoms with Crippen LogP contribution in [0.1, 0.15) is 25.3 Å². The van der Waals surface area contributed by atoms with Crippen molar-refractivity contribution in [3.8, 4) is 5.75 Å². The molecule has 0 saturated carbocycles. The van der Waals surface area contributed by atoms with Crippen LogP contribution in [-0.2, 0) is 11.2 Å². The summed E-state index contributed by atoms with van der Waals surface area (Å²) >= 11 is 0. The van der Waals surface area contributed by atoms with E-state index in [1.807, 2.05) is 12.1 Å². The minimum atomic E-state index is 0.129. The van der Waals surface area contributed by atoms with Gasteiger partial charge in [0.1, 0.15) is 11.9 Å². The summed E-state index contributed by atoms with van der Waals surface area (Å²) in [5, 5.41) is 0. The van der Waals surface area contributed by atoms with Gasteiger partial charge in [-0.1, -0.05) is 25.5 Å². The molecule has 0 heterocycles. The summed E-state index contributed by atoms with van der Waals surface area (Å²) in [6.45, 7) is 3.46. The minimum absolute atomic E-state index is 0.129. The second-order valence-corrected chi connectivity index (χ2v) is 4.15. The van der Waals surface area contributed by atoms with Crippen molar-refractivity contribution in [2.45, 2.75) is 32.3 Å². The molecule has 1 aromatic carbocycles. The molecule has 2 N–H and O–H groups in total. The van der Waals surface area contributed by atoms with Crippen LogP contribution >= 0.6 is 0 Å². The average molecular weight is 237 g/mol. The van der Waals surface area contributed by atoms with Gasteiger partial charge in [-0.3, -0.25) is 0 Å². The Morgan fingerprint density at radius 2 is 1.94 bits per heavy atom. The molecular formula is C14H23NO2. The van der Waals surface area contributed by atoms with E-state index in [1.165, 1.54) is 5.56 Å². The van der Waals surface area contributed by atoms with E-state index >= 15 is 0 Å². The van der Waals surface area contributed by atoms with E-state index in [-0.39, 0.29) is 6.10 Å². The molecular weight excluding hydrogens is 214 g/mol. The maximum atomic E-state index is 5.81. The van der Waals surface area contributed by atoms with Crippen molar-refractivity contribution in [1.82, 2.24) is 0 Å². The van der Waals surface area contributed by atoms with Gasteiger partial charge in [0.05, 0.1) is 6.61 Å². The summed E-state index contributed by atoms with van der Waals surface area (Å²) in [5.41, 5.74) is 6.92. The summed E-state index contributed by atoms with van der Waals surface area (Å²) in [4.78, 5) is 0. The number of methoxy groups -OCH3 is 1. The van der Waals surface area contributed by atoms with Crippen LogP contribution in [0.2, 0.25) is 0 Å². The molecule has 1 aromatic rings. The van der Waals surface area contributed by atoms with Crippen LogP contribution < -0.4 is 10.5 Å². The van der Waals surface area contributed by atoms with Gasteiger partial charge in [-0.05, 0) is 30.5 Å². The predicted octanol–water partition coefficient (Wildman–Crippen LogP) is 2.38. The zero-order chi connectivity index (χ0) is 12.5. The fraction of sp³-hybridized carbons (Fsp3) is 0.571. The first-order valence-electron chi connectivity index (χ1n) is 6.24. The Kier molecular flexibility index (Phi) is 6.67. The van der Waals surface area contributed by atoms with Crippen LogP contribution in [0.4, 0.5) is 0 Å². The molecule has 0 fully saturated rings. The molecule has 0 saturated heterocycles. The van der Waals surface area contributed by atoms with E-state index in [2.05, 4.69) is 19.1 Å².